The maximum atomic E-state index is 12.0. The van der Waals surface area contributed by atoms with Gasteiger partial charge >= 0.3 is 0 Å². The molecule has 75 valence electrons. The quantitative estimate of drug-likeness (QED) is 0.720. The number of aromatic nitrogens is 2. The molecule has 0 spiro atoms. The fraction of sp³-hybridized carbons (Fsp3) is 0.375. The molecule has 6 heteroatoms. The van der Waals surface area contributed by atoms with Crippen LogP contribution in [-0.2, 0) is 6.54 Å². The summed E-state index contributed by atoms with van der Waals surface area (Å²) in [5, 5.41) is 3.54. The average Bonchev–Trinajstić information content (AvgIpc) is 2.44. The van der Waals surface area contributed by atoms with Crippen molar-refractivity contribution < 1.29 is 13.5 Å². The van der Waals surface area contributed by atoms with Crippen LogP contribution in [0.5, 0.6) is 5.88 Å². The lowest BCUT2D eigenvalue weighted by atomic mass is 10.6. The Kier molecular flexibility index (Phi) is 3.72. The highest BCUT2D eigenvalue weighted by atomic mass is 35.5. The molecule has 3 nitrogen and oxygen atoms in total. The monoisotopic (exact) mass is 219 g/mol. The van der Waals surface area contributed by atoms with Crippen LogP contribution >= 0.6 is 11.6 Å². The van der Waals surface area contributed by atoms with E-state index in [9.17, 15) is 8.78 Å². The number of rotatable bonds is 4. The van der Waals surface area contributed by atoms with Crippen molar-refractivity contribution in [3.05, 3.63) is 11.2 Å². The predicted molar refractivity (Wildman–Crippen MR) is 46.4 cm³/mol. The van der Waals surface area contributed by atoms with E-state index < -0.39 is 13.0 Å². The number of ether oxygens (including phenoxy) is 1. The second-order valence-electron chi connectivity index (χ2n) is 2.30. The zero-order chi connectivity index (χ0) is 10.6. The Morgan fingerprint density at radius 3 is 3.00 bits per heavy atom. The molecule has 0 aromatic carbocycles. The second-order valence-corrected chi connectivity index (χ2v) is 2.67. The number of hydrogen-bond acceptors (Lipinski definition) is 2. The van der Waals surface area contributed by atoms with Crippen LogP contribution in [0.2, 0.25) is 5.02 Å². The van der Waals surface area contributed by atoms with Crippen molar-refractivity contribution in [1.82, 2.24) is 9.78 Å². The summed E-state index contributed by atoms with van der Waals surface area (Å²) in [6.07, 6.45) is 4.71. The Labute approximate surface area is 84.6 Å². The molecule has 0 atom stereocenters. The Bertz CT molecular complexity index is 346. The van der Waals surface area contributed by atoms with Crippen molar-refractivity contribution in [3.8, 4) is 18.2 Å². The van der Waals surface area contributed by atoms with Gasteiger partial charge in [0.2, 0.25) is 5.88 Å². The van der Waals surface area contributed by atoms with Crippen LogP contribution in [0.25, 0.3) is 0 Å². The molecule has 1 aromatic rings. The number of terminal acetylenes is 1. The van der Waals surface area contributed by atoms with Crippen LogP contribution in [0, 0.1) is 18.5 Å². The molecule has 1 rings (SSSR count). The summed E-state index contributed by atoms with van der Waals surface area (Å²) in [6, 6.07) is 0. The summed E-state index contributed by atoms with van der Waals surface area (Å²) < 4.78 is 29.9. The van der Waals surface area contributed by atoms with Gasteiger partial charge < -0.3 is 4.74 Å². The molecule has 0 saturated heterocycles. The highest BCUT2D eigenvalue weighted by molar-refractivity contribution is 6.31. The molecule has 0 bridgehead atoms. The Balaban J connectivity index is 2.78. The number of halogens is 3. The van der Waals surface area contributed by atoms with Gasteiger partial charge in [-0.25, -0.2) is 13.5 Å². The normalized spacial score (nSPS) is 10.2. The van der Waals surface area contributed by atoms with Crippen LogP contribution in [0.4, 0.5) is 8.78 Å². The Hall–Kier alpha value is -1.28. The van der Waals surface area contributed by atoms with E-state index >= 15 is 0 Å². The lowest BCUT2D eigenvalue weighted by Gasteiger charge is -2.06. The minimum absolute atomic E-state index is 0.0184. The first-order chi connectivity index (χ1) is 6.65. The van der Waals surface area contributed by atoms with Crippen LogP contribution in [0.15, 0.2) is 0 Å². The molecule has 14 heavy (non-hydrogen) atoms. The number of nitrogens with zero attached hydrogens (tertiary/aromatic N) is 2. The largest absolute Gasteiger partial charge is 0.464 e. The molecule has 0 unspecified atom stereocenters. The number of hydrogen-bond donors (Lipinski definition) is 0. The van der Waals surface area contributed by atoms with Gasteiger partial charge in [-0.1, -0.05) is 17.5 Å². The second kappa shape index (κ2) is 4.82. The van der Waals surface area contributed by atoms with Gasteiger partial charge in [-0.3, -0.25) is 0 Å². The summed E-state index contributed by atoms with van der Waals surface area (Å²) in [6.45, 7) is -0.647. The van der Waals surface area contributed by atoms with Gasteiger partial charge in [-0.15, -0.1) is 6.42 Å². The van der Waals surface area contributed by atoms with Crippen LogP contribution in [0.1, 0.15) is 0 Å². The highest BCUT2D eigenvalue weighted by Gasteiger charge is 2.14. The third kappa shape index (κ3) is 2.60. The Morgan fingerprint density at radius 1 is 1.71 bits per heavy atom. The molecule has 1 radical (unpaired) electrons. The molecular weight excluding hydrogens is 214 g/mol. The molecule has 0 fully saturated rings. The zero-order valence-electron chi connectivity index (χ0n) is 7.01. The van der Waals surface area contributed by atoms with E-state index in [1.807, 2.05) is 0 Å². The first kappa shape index (κ1) is 10.8. The molecule has 0 aliphatic carbocycles. The first-order valence-electron chi connectivity index (χ1n) is 3.63. The minimum Gasteiger partial charge on any atom is -0.464 e. The van der Waals surface area contributed by atoms with Gasteiger partial charge in [0, 0.05) is 0 Å². The average molecular weight is 220 g/mol. The first-order valence-corrected chi connectivity index (χ1v) is 4.01. The van der Waals surface area contributed by atoms with Gasteiger partial charge in [0.1, 0.15) is 17.8 Å². The molecule has 0 aliphatic rings. The van der Waals surface area contributed by atoms with E-state index in [0.29, 0.717) is 0 Å². The highest BCUT2D eigenvalue weighted by Crippen LogP contribution is 2.23. The van der Waals surface area contributed by atoms with E-state index in [1.165, 1.54) is 0 Å². The van der Waals surface area contributed by atoms with Gasteiger partial charge in [0.15, 0.2) is 6.61 Å². The molecule has 0 amide bonds. The van der Waals surface area contributed by atoms with Crippen molar-refractivity contribution in [2.24, 2.45) is 0 Å². The standard InChI is InChI=1S/C8H6ClF2N2O/c1-2-3-14-8-6(9)4-12-13(8)5-7(10)11/h1,7H,3,5H2. The van der Waals surface area contributed by atoms with Crippen LogP contribution < -0.4 is 4.74 Å². The van der Waals surface area contributed by atoms with Gasteiger partial charge in [0.05, 0.1) is 0 Å². The van der Waals surface area contributed by atoms with Crippen molar-refractivity contribution >= 4 is 11.6 Å². The maximum Gasteiger partial charge on any atom is 0.258 e. The zero-order valence-corrected chi connectivity index (χ0v) is 7.76. The summed E-state index contributed by atoms with van der Waals surface area (Å²) in [4.78, 5) is 0. The number of alkyl halides is 2. The summed E-state index contributed by atoms with van der Waals surface area (Å²) in [5.41, 5.74) is 0. The van der Waals surface area contributed by atoms with Crippen molar-refractivity contribution in [3.63, 3.8) is 0 Å². The molecule has 1 heterocycles. The molecular formula is C8H6ClF2N2O. The van der Waals surface area contributed by atoms with Crippen molar-refractivity contribution in [2.45, 2.75) is 13.0 Å². The van der Waals surface area contributed by atoms with Gasteiger partial charge in [0.25, 0.3) is 6.43 Å². The topological polar surface area (TPSA) is 27.1 Å². The lowest BCUT2D eigenvalue weighted by Crippen LogP contribution is -2.10. The van der Waals surface area contributed by atoms with Gasteiger partial charge in [-0.2, -0.15) is 5.10 Å². The fourth-order valence-electron chi connectivity index (χ4n) is 0.813. The third-order valence-corrected chi connectivity index (χ3v) is 1.54. The summed E-state index contributed by atoms with van der Waals surface area (Å²) in [7, 11) is 0. The third-order valence-electron chi connectivity index (χ3n) is 1.29. The van der Waals surface area contributed by atoms with Crippen LogP contribution in [-0.4, -0.2) is 22.8 Å². The predicted octanol–water partition coefficient (Wildman–Crippen LogP) is 1.61. The molecule has 0 saturated carbocycles. The lowest BCUT2D eigenvalue weighted by molar-refractivity contribution is 0.116. The molecule has 0 aliphatic heterocycles. The van der Waals surface area contributed by atoms with Crippen molar-refractivity contribution in [2.75, 3.05) is 6.61 Å². The Morgan fingerprint density at radius 2 is 2.43 bits per heavy atom. The minimum atomic E-state index is -2.53. The smallest absolute Gasteiger partial charge is 0.258 e. The van der Waals surface area contributed by atoms with E-state index in [0.717, 1.165) is 4.68 Å². The van der Waals surface area contributed by atoms with Gasteiger partial charge in [-0.05, 0) is 0 Å². The van der Waals surface area contributed by atoms with E-state index in [2.05, 4.69) is 17.2 Å². The van der Waals surface area contributed by atoms with E-state index in [-0.39, 0.29) is 17.5 Å². The molecule has 1 aromatic heterocycles. The van der Waals surface area contributed by atoms with Crippen LogP contribution in [0.3, 0.4) is 0 Å². The van der Waals surface area contributed by atoms with E-state index in [1.54, 1.807) is 0 Å². The van der Waals surface area contributed by atoms with E-state index in [4.69, 9.17) is 22.8 Å². The maximum absolute atomic E-state index is 12.0. The SMILES string of the molecule is C#CCOc1c(Cl)[c]nn1CC(F)F. The summed E-state index contributed by atoms with van der Waals surface area (Å²) >= 11 is 5.59. The molecule has 0 N–H and O–H groups in total. The summed E-state index contributed by atoms with van der Waals surface area (Å²) in [5.74, 6) is 2.21. The fourth-order valence-corrected chi connectivity index (χ4v) is 1.00. The van der Waals surface area contributed by atoms with Crippen molar-refractivity contribution in [1.29, 1.82) is 0 Å².